The summed E-state index contributed by atoms with van der Waals surface area (Å²) in [5.74, 6) is -1.61. The van der Waals surface area contributed by atoms with E-state index < -0.39 is 11.8 Å². The van der Waals surface area contributed by atoms with Crippen LogP contribution >= 0.6 is 0 Å². The Labute approximate surface area is 175 Å². The predicted molar refractivity (Wildman–Crippen MR) is 110 cm³/mol. The van der Waals surface area contributed by atoms with E-state index in [1.54, 1.807) is 9.80 Å². The topological polar surface area (TPSA) is 66.9 Å². The Morgan fingerprint density at radius 3 is 2.27 bits per heavy atom. The van der Waals surface area contributed by atoms with Crippen molar-refractivity contribution in [1.82, 2.24) is 4.90 Å². The third-order valence-corrected chi connectivity index (χ3v) is 5.23. The number of halogens is 1. The molecule has 1 saturated heterocycles. The van der Waals surface area contributed by atoms with E-state index in [9.17, 15) is 18.8 Å². The van der Waals surface area contributed by atoms with E-state index in [1.807, 2.05) is 37.3 Å². The number of hydrogen-bond donors (Lipinski definition) is 0. The molecule has 6 nitrogen and oxygen atoms in total. The van der Waals surface area contributed by atoms with E-state index in [0.717, 1.165) is 5.69 Å². The molecular weight excluding hydrogens is 387 g/mol. The van der Waals surface area contributed by atoms with Gasteiger partial charge in [0.1, 0.15) is 5.82 Å². The molecule has 0 radical (unpaired) electrons. The molecule has 0 bridgehead atoms. The number of likely N-dealkylation sites (N-methyl/N-ethyl adjacent to an activating group) is 1. The van der Waals surface area contributed by atoms with Crippen molar-refractivity contribution in [2.45, 2.75) is 19.8 Å². The smallest absolute Gasteiger partial charge is 0.309 e. The lowest BCUT2D eigenvalue weighted by molar-refractivity contribution is -0.153. The van der Waals surface area contributed by atoms with E-state index in [-0.39, 0.29) is 24.3 Å². The second-order valence-corrected chi connectivity index (χ2v) is 7.15. The van der Waals surface area contributed by atoms with E-state index in [1.165, 1.54) is 24.3 Å². The lowest BCUT2D eigenvalue weighted by Crippen LogP contribution is -2.41. The number of rotatable bonds is 6. The lowest BCUT2D eigenvalue weighted by atomic mass is 9.96. The number of anilines is 1. The molecular formula is C23H25FN2O4. The second kappa shape index (κ2) is 10.0. The second-order valence-electron chi connectivity index (χ2n) is 7.15. The molecule has 0 aliphatic carbocycles. The number of benzene rings is 2. The predicted octanol–water partition coefficient (Wildman–Crippen LogP) is 3.27. The van der Waals surface area contributed by atoms with Crippen molar-refractivity contribution in [3.8, 4) is 0 Å². The Morgan fingerprint density at radius 1 is 1.03 bits per heavy atom. The fourth-order valence-corrected chi connectivity index (χ4v) is 3.53. The van der Waals surface area contributed by atoms with Gasteiger partial charge in [0.2, 0.25) is 0 Å². The Hall–Kier alpha value is -3.22. The molecule has 0 saturated carbocycles. The average Bonchev–Trinajstić information content (AvgIpc) is 2.79. The van der Waals surface area contributed by atoms with Crippen LogP contribution in [0.5, 0.6) is 0 Å². The summed E-state index contributed by atoms with van der Waals surface area (Å²) < 4.78 is 18.3. The van der Waals surface area contributed by atoms with Gasteiger partial charge in [-0.25, -0.2) is 4.39 Å². The first-order chi connectivity index (χ1) is 14.5. The minimum atomic E-state index is -0.415. The molecule has 30 heavy (non-hydrogen) atoms. The van der Waals surface area contributed by atoms with E-state index in [0.29, 0.717) is 38.0 Å². The minimum Gasteiger partial charge on any atom is -0.455 e. The third-order valence-electron chi connectivity index (χ3n) is 5.23. The van der Waals surface area contributed by atoms with Gasteiger partial charge in [0.25, 0.3) is 11.8 Å². The number of ether oxygens (including phenoxy) is 1. The summed E-state index contributed by atoms with van der Waals surface area (Å²) in [4.78, 5) is 40.5. The number of esters is 1. The van der Waals surface area contributed by atoms with Crippen LogP contribution in [0.1, 0.15) is 30.1 Å². The molecule has 1 aliphatic rings. The summed E-state index contributed by atoms with van der Waals surface area (Å²) in [5, 5.41) is 0. The van der Waals surface area contributed by atoms with Gasteiger partial charge in [-0.15, -0.1) is 0 Å². The fraction of sp³-hybridized carbons (Fsp3) is 0.348. The van der Waals surface area contributed by atoms with Gasteiger partial charge in [-0.1, -0.05) is 18.2 Å². The maximum Gasteiger partial charge on any atom is 0.309 e. The summed E-state index contributed by atoms with van der Waals surface area (Å²) in [7, 11) is 0. The zero-order valence-corrected chi connectivity index (χ0v) is 16.9. The number of amides is 2. The Kier molecular flexibility index (Phi) is 7.17. The highest BCUT2D eigenvalue weighted by Crippen LogP contribution is 2.21. The molecule has 0 atom stereocenters. The van der Waals surface area contributed by atoms with Crippen LogP contribution in [0.25, 0.3) is 0 Å². The number of likely N-dealkylation sites (tertiary alicyclic amines) is 1. The molecule has 3 rings (SSSR count). The van der Waals surface area contributed by atoms with E-state index >= 15 is 0 Å². The summed E-state index contributed by atoms with van der Waals surface area (Å²) in [5.41, 5.74) is 1.18. The van der Waals surface area contributed by atoms with Crippen LogP contribution in [-0.2, 0) is 14.3 Å². The molecule has 0 unspecified atom stereocenters. The van der Waals surface area contributed by atoms with Gasteiger partial charge in [-0.3, -0.25) is 14.4 Å². The van der Waals surface area contributed by atoms with Crippen LogP contribution in [0.3, 0.4) is 0 Å². The number of hydrogen-bond acceptors (Lipinski definition) is 4. The lowest BCUT2D eigenvalue weighted by Gasteiger charge is -2.31. The zero-order valence-electron chi connectivity index (χ0n) is 16.9. The van der Waals surface area contributed by atoms with Crippen LogP contribution in [0.15, 0.2) is 54.6 Å². The van der Waals surface area contributed by atoms with Crippen molar-refractivity contribution in [1.29, 1.82) is 0 Å². The zero-order chi connectivity index (χ0) is 21.5. The summed E-state index contributed by atoms with van der Waals surface area (Å²) in [6.07, 6.45) is 0.937. The quantitative estimate of drug-likeness (QED) is 0.683. The molecule has 7 heteroatoms. The number of carbonyl (C=O) groups excluding carboxylic acids is 3. The molecule has 0 spiro atoms. The largest absolute Gasteiger partial charge is 0.455 e. The van der Waals surface area contributed by atoms with E-state index in [2.05, 4.69) is 0 Å². The third kappa shape index (κ3) is 5.23. The first-order valence-electron chi connectivity index (χ1n) is 10.1. The van der Waals surface area contributed by atoms with Crippen LogP contribution in [0.2, 0.25) is 0 Å². The molecule has 2 amide bonds. The molecule has 0 aromatic heterocycles. The molecule has 1 heterocycles. The molecule has 2 aromatic rings. The van der Waals surface area contributed by atoms with Crippen molar-refractivity contribution in [2.24, 2.45) is 5.92 Å². The van der Waals surface area contributed by atoms with Crippen LogP contribution in [-0.4, -0.2) is 48.9 Å². The number of carbonyl (C=O) groups is 3. The highest BCUT2D eigenvalue weighted by atomic mass is 19.1. The van der Waals surface area contributed by atoms with Gasteiger partial charge in [0.15, 0.2) is 6.61 Å². The first kappa shape index (κ1) is 21.5. The standard InChI is InChI=1S/C23H25FN2O4/c1-2-26(20-6-4-3-5-7-20)21(27)16-30-23(29)18-12-14-25(15-13-18)22(28)17-8-10-19(24)11-9-17/h3-11,18H,2,12-16H2,1H3. The summed E-state index contributed by atoms with van der Waals surface area (Å²) >= 11 is 0. The minimum absolute atomic E-state index is 0.182. The van der Waals surface area contributed by atoms with Crippen molar-refractivity contribution in [3.05, 3.63) is 66.0 Å². The SMILES string of the molecule is CCN(C(=O)COC(=O)C1CCN(C(=O)c2ccc(F)cc2)CC1)c1ccccc1. The van der Waals surface area contributed by atoms with Crippen molar-refractivity contribution < 1.29 is 23.5 Å². The Morgan fingerprint density at radius 2 is 1.67 bits per heavy atom. The number of nitrogens with zero attached hydrogens (tertiary/aromatic N) is 2. The molecule has 0 N–H and O–H groups in total. The van der Waals surface area contributed by atoms with Gasteiger partial charge in [-0.2, -0.15) is 0 Å². The Bertz CT molecular complexity index is 878. The number of para-hydroxylation sites is 1. The Balaban J connectivity index is 1.47. The van der Waals surface area contributed by atoms with E-state index in [4.69, 9.17) is 4.74 Å². The maximum absolute atomic E-state index is 13.0. The summed E-state index contributed by atoms with van der Waals surface area (Å²) in [6, 6.07) is 14.6. The van der Waals surface area contributed by atoms with Gasteiger partial charge < -0.3 is 14.5 Å². The summed E-state index contributed by atoms with van der Waals surface area (Å²) in [6.45, 7) is 2.85. The maximum atomic E-state index is 13.0. The highest BCUT2D eigenvalue weighted by molar-refractivity contribution is 5.95. The normalized spacial score (nSPS) is 14.3. The van der Waals surface area contributed by atoms with Crippen molar-refractivity contribution in [2.75, 3.05) is 31.1 Å². The first-order valence-corrected chi connectivity index (χ1v) is 10.1. The van der Waals surface area contributed by atoms with Gasteiger partial charge in [-0.05, 0) is 56.2 Å². The van der Waals surface area contributed by atoms with Crippen molar-refractivity contribution in [3.63, 3.8) is 0 Å². The van der Waals surface area contributed by atoms with Crippen molar-refractivity contribution >= 4 is 23.5 Å². The van der Waals surface area contributed by atoms with Gasteiger partial charge >= 0.3 is 5.97 Å². The van der Waals surface area contributed by atoms with Crippen LogP contribution < -0.4 is 4.90 Å². The molecule has 158 valence electrons. The molecule has 2 aromatic carbocycles. The molecule has 1 aliphatic heterocycles. The molecule has 1 fully saturated rings. The van der Waals surface area contributed by atoms with Crippen LogP contribution in [0, 0.1) is 11.7 Å². The monoisotopic (exact) mass is 412 g/mol. The fourth-order valence-electron chi connectivity index (χ4n) is 3.53. The van der Waals surface area contributed by atoms with Gasteiger partial charge in [0, 0.05) is 30.9 Å². The van der Waals surface area contributed by atoms with Crippen LogP contribution in [0.4, 0.5) is 10.1 Å². The van der Waals surface area contributed by atoms with Gasteiger partial charge in [0.05, 0.1) is 5.92 Å². The average molecular weight is 412 g/mol. The highest BCUT2D eigenvalue weighted by Gasteiger charge is 2.29. The number of piperidine rings is 1.